The van der Waals surface area contributed by atoms with E-state index < -0.39 is 12.1 Å². The van der Waals surface area contributed by atoms with Gasteiger partial charge in [-0.05, 0) is 31.7 Å². The Kier molecular flexibility index (Phi) is 8.13. The molecule has 3 heterocycles. The van der Waals surface area contributed by atoms with Crippen molar-refractivity contribution in [3.8, 4) is 0 Å². The van der Waals surface area contributed by atoms with E-state index in [1.165, 1.54) is 12.0 Å². The molecule has 2 atom stereocenters. The van der Waals surface area contributed by atoms with Gasteiger partial charge in [-0.1, -0.05) is 0 Å². The summed E-state index contributed by atoms with van der Waals surface area (Å²) in [5.41, 5.74) is 1.18. The van der Waals surface area contributed by atoms with E-state index in [1.54, 1.807) is 25.3 Å². The summed E-state index contributed by atoms with van der Waals surface area (Å²) in [5, 5.41) is 10.1. The highest BCUT2D eigenvalue weighted by atomic mass is 19.4. The summed E-state index contributed by atoms with van der Waals surface area (Å²) in [5.74, 6) is -2.76. The molecule has 30 heavy (non-hydrogen) atoms. The molecule has 2 saturated heterocycles. The van der Waals surface area contributed by atoms with Crippen LogP contribution in [0.1, 0.15) is 31.2 Å². The number of carboxylic acid groups (broad SMARTS) is 1. The van der Waals surface area contributed by atoms with E-state index >= 15 is 0 Å². The molecule has 2 aliphatic rings. The van der Waals surface area contributed by atoms with Crippen molar-refractivity contribution in [1.82, 2.24) is 15.1 Å². The lowest BCUT2D eigenvalue weighted by Gasteiger charge is -2.39. The lowest BCUT2D eigenvalue weighted by molar-refractivity contribution is -0.192. The lowest BCUT2D eigenvalue weighted by atomic mass is 9.90. The van der Waals surface area contributed by atoms with E-state index in [2.05, 4.69) is 10.2 Å². The summed E-state index contributed by atoms with van der Waals surface area (Å²) < 4.78 is 43.3. The average molecular weight is 435 g/mol. The van der Waals surface area contributed by atoms with Crippen LogP contribution in [-0.2, 0) is 16.1 Å². The Morgan fingerprint density at radius 3 is 2.63 bits per heavy atom. The molecule has 2 aliphatic heterocycles. The van der Waals surface area contributed by atoms with Gasteiger partial charge in [-0.2, -0.15) is 13.2 Å². The highest BCUT2D eigenvalue weighted by molar-refractivity contribution is 5.73. The summed E-state index contributed by atoms with van der Waals surface area (Å²) in [6.07, 6.45) is 2.96. The van der Waals surface area contributed by atoms with Gasteiger partial charge in [-0.3, -0.25) is 4.90 Å². The third kappa shape index (κ3) is 7.21. The van der Waals surface area contributed by atoms with Gasteiger partial charge in [0.05, 0.1) is 24.2 Å². The average Bonchev–Trinajstić information content (AvgIpc) is 3.30. The van der Waals surface area contributed by atoms with E-state index in [1.807, 2.05) is 12.3 Å². The summed E-state index contributed by atoms with van der Waals surface area (Å²) in [7, 11) is 3.51. The quantitative estimate of drug-likeness (QED) is 0.755. The zero-order valence-electron chi connectivity index (χ0n) is 17.1. The van der Waals surface area contributed by atoms with E-state index in [0.29, 0.717) is 6.54 Å². The number of carbonyl (C=O) groups excluding carboxylic acids is 1. The topological polar surface area (TPSA) is 95.3 Å². The maximum absolute atomic E-state index is 11.7. The number of nitrogens with zero attached hydrogens (tertiary/aromatic N) is 2. The maximum Gasteiger partial charge on any atom is 0.490 e. The molecule has 8 nitrogen and oxygen atoms in total. The van der Waals surface area contributed by atoms with Crippen LogP contribution in [-0.4, -0.2) is 78.5 Å². The Morgan fingerprint density at radius 1 is 1.37 bits per heavy atom. The Balaban J connectivity index is 0.000000396. The van der Waals surface area contributed by atoms with Crippen LogP contribution in [0.25, 0.3) is 0 Å². The van der Waals surface area contributed by atoms with Crippen molar-refractivity contribution in [2.45, 2.75) is 50.1 Å². The van der Waals surface area contributed by atoms with Gasteiger partial charge in [0, 0.05) is 45.8 Å². The molecule has 2 fully saturated rings. The van der Waals surface area contributed by atoms with Gasteiger partial charge >= 0.3 is 18.2 Å². The van der Waals surface area contributed by atoms with E-state index in [9.17, 15) is 18.0 Å². The molecule has 0 aromatic carbocycles. The number of amides is 2. The standard InChI is InChI=1S/C17H27N3O3.C2HF3O2/c1-19(2)16(21)18-10-15-4-3-6-17(23-15)7-8-20(13-17)11-14-5-9-22-12-14;3-2(4,5)1(6)7/h5,9,12,15H,3-4,6-8,10-11,13H2,1-2H3,(H,18,21);(H,6,7)/t15-,17+;/m0./s1. The molecule has 1 aromatic heterocycles. The third-order valence-electron chi connectivity index (χ3n) is 5.09. The Hall–Kier alpha value is -2.27. The molecule has 1 spiro atoms. The van der Waals surface area contributed by atoms with Gasteiger partial charge in [0.25, 0.3) is 0 Å². The van der Waals surface area contributed by atoms with Crippen molar-refractivity contribution in [1.29, 1.82) is 0 Å². The number of carboxylic acids is 1. The number of hydrogen-bond donors (Lipinski definition) is 2. The minimum atomic E-state index is -5.08. The van der Waals surface area contributed by atoms with E-state index in [4.69, 9.17) is 19.1 Å². The number of likely N-dealkylation sites (tertiary alicyclic amines) is 1. The van der Waals surface area contributed by atoms with Crippen LogP contribution in [0.4, 0.5) is 18.0 Å². The van der Waals surface area contributed by atoms with Crippen molar-refractivity contribution in [3.05, 3.63) is 24.2 Å². The van der Waals surface area contributed by atoms with E-state index in [-0.39, 0.29) is 17.7 Å². The minimum absolute atomic E-state index is 0.0322. The largest absolute Gasteiger partial charge is 0.490 e. The second-order valence-electron chi connectivity index (χ2n) is 7.79. The van der Waals surface area contributed by atoms with Gasteiger partial charge in [0.15, 0.2) is 0 Å². The van der Waals surface area contributed by atoms with Crippen molar-refractivity contribution in [2.24, 2.45) is 0 Å². The number of nitrogens with one attached hydrogen (secondary N) is 1. The fourth-order valence-corrected chi connectivity index (χ4v) is 3.63. The molecule has 2 amide bonds. The highest BCUT2D eigenvalue weighted by Gasteiger charge is 2.43. The van der Waals surface area contributed by atoms with Crippen molar-refractivity contribution in [3.63, 3.8) is 0 Å². The first-order valence-corrected chi connectivity index (χ1v) is 9.67. The zero-order chi connectivity index (χ0) is 22.4. The molecule has 0 aliphatic carbocycles. The molecule has 0 unspecified atom stereocenters. The number of halogens is 3. The van der Waals surface area contributed by atoms with Crippen LogP contribution in [0.2, 0.25) is 0 Å². The fourth-order valence-electron chi connectivity index (χ4n) is 3.63. The van der Waals surface area contributed by atoms with Gasteiger partial charge in [-0.25, -0.2) is 9.59 Å². The molecule has 11 heteroatoms. The molecule has 170 valence electrons. The first kappa shape index (κ1) is 24.0. The number of alkyl halides is 3. The molecular formula is C19H28F3N3O5. The van der Waals surface area contributed by atoms with Gasteiger partial charge in [0.2, 0.25) is 0 Å². The van der Waals surface area contributed by atoms with Crippen LogP contribution in [0.5, 0.6) is 0 Å². The predicted molar refractivity (Wildman–Crippen MR) is 101 cm³/mol. The first-order valence-electron chi connectivity index (χ1n) is 9.67. The van der Waals surface area contributed by atoms with Crippen LogP contribution in [0, 0.1) is 0 Å². The van der Waals surface area contributed by atoms with E-state index in [0.717, 1.165) is 38.9 Å². The van der Waals surface area contributed by atoms with Crippen molar-refractivity contribution < 1.29 is 37.0 Å². The number of urea groups is 1. The molecule has 0 radical (unpaired) electrons. The number of aliphatic carboxylic acids is 1. The number of furan rings is 1. The Labute approximate surface area is 172 Å². The smallest absolute Gasteiger partial charge is 0.475 e. The van der Waals surface area contributed by atoms with Gasteiger partial charge < -0.3 is 24.5 Å². The fraction of sp³-hybridized carbons (Fsp3) is 0.684. The van der Waals surface area contributed by atoms with Gasteiger partial charge in [-0.15, -0.1) is 0 Å². The van der Waals surface area contributed by atoms with Gasteiger partial charge in [0.1, 0.15) is 0 Å². The predicted octanol–water partition coefficient (Wildman–Crippen LogP) is 2.70. The molecule has 1 aromatic rings. The normalized spacial score (nSPS) is 24.2. The number of carbonyl (C=O) groups is 2. The van der Waals surface area contributed by atoms with Crippen molar-refractivity contribution >= 4 is 12.0 Å². The summed E-state index contributed by atoms with van der Waals surface area (Å²) >= 11 is 0. The number of rotatable bonds is 4. The molecule has 0 bridgehead atoms. The summed E-state index contributed by atoms with van der Waals surface area (Å²) in [4.78, 5) is 24.6. The highest BCUT2D eigenvalue weighted by Crippen LogP contribution is 2.37. The monoisotopic (exact) mass is 435 g/mol. The van der Waals surface area contributed by atoms with Crippen LogP contribution in [0.15, 0.2) is 23.0 Å². The third-order valence-corrected chi connectivity index (χ3v) is 5.09. The molecule has 0 saturated carbocycles. The zero-order valence-corrected chi connectivity index (χ0v) is 17.1. The summed E-state index contributed by atoms with van der Waals surface area (Å²) in [6.45, 7) is 3.54. The van der Waals surface area contributed by atoms with Crippen molar-refractivity contribution in [2.75, 3.05) is 33.7 Å². The first-order chi connectivity index (χ1) is 14.0. The number of ether oxygens (including phenoxy) is 1. The maximum atomic E-state index is 11.7. The molecular weight excluding hydrogens is 407 g/mol. The Morgan fingerprint density at radius 2 is 2.07 bits per heavy atom. The van der Waals surface area contributed by atoms with Crippen LogP contribution < -0.4 is 5.32 Å². The Bertz CT molecular complexity index is 696. The molecule has 2 N–H and O–H groups in total. The second-order valence-corrected chi connectivity index (χ2v) is 7.79. The minimum Gasteiger partial charge on any atom is -0.475 e. The second kappa shape index (κ2) is 10.2. The lowest BCUT2D eigenvalue weighted by Crippen LogP contribution is -2.48. The van der Waals surface area contributed by atoms with Crippen LogP contribution in [0.3, 0.4) is 0 Å². The van der Waals surface area contributed by atoms with Crippen LogP contribution >= 0.6 is 0 Å². The number of hydrogen-bond acceptors (Lipinski definition) is 5. The SMILES string of the molecule is CN(C)C(=O)NC[C@@H]1CCC[C@]2(CCN(Cc3ccoc3)C2)O1.O=C(O)C(F)(F)F. The molecule has 3 rings (SSSR count). The summed E-state index contributed by atoms with van der Waals surface area (Å²) in [6, 6.07) is 1.97.